The van der Waals surface area contributed by atoms with Crippen molar-refractivity contribution in [2.24, 2.45) is 0 Å². The monoisotopic (exact) mass is 574 g/mol. The first-order valence-corrected chi connectivity index (χ1v) is 19.4. The maximum absolute atomic E-state index is 2.63. The number of unbranched alkanes of at least 4 members (excludes halogenated alkanes) is 27. The van der Waals surface area contributed by atoms with E-state index in [1.807, 2.05) is 0 Å². The van der Waals surface area contributed by atoms with Crippen LogP contribution in [0.4, 0.5) is 0 Å². The van der Waals surface area contributed by atoms with E-state index in [2.05, 4.69) is 42.3 Å². The van der Waals surface area contributed by atoms with Crippen molar-refractivity contribution in [1.82, 2.24) is 4.57 Å². The van der Waals surface area contributed by atoms with Crippen molar-refractivity contribution in [2.45, 2.75) is 233 Å². The van der Waals surface area contributed by atoms with Gasteiger partial charge in [-0.15, -0.1) is 0 Å². The normalized spacial score (nSPS) is 11.6. The Morgan fingerprint density at radius 1 is 0.415 bits per heavy atom. The van der Waals surface area contributed by atoms with Gasteiger partial charge in [0.15, 0.2) is 0 Å². The quantitative estimate of drug-likeness (QED) is 0.0584. The highest BCUT2D eigenvalue weighted by Gasteiger charge is 2.16. The molecule has 0 atom stereocenters. The third-order valence-corrected chi connectivity index (χ3v) is 9.35. The molecular formula is C39H77N2+. The zero-order chi connectivity index (χ0) is 29.5. The summed E-state index contributed by atoms with van der Waals surface area (Å²) in [5.41, 5.74) is 0. The number of hydrogen-bond acceptors (Lipinski definition) is 0. The van der Waals surface area contributed by atoms with Gasteiger partial charge in [-0.3, -0.25) is 0 Å². The molecule has 0 aliphatic carbocycles. The van der Waals surface area contributed by atoms with Gasteiger partial charge in [0.05, 0.1) is 13.1 Å². The van der Waals surface area contributed by atoms with E-state index in [0.717, 1.165) is 0 Å². The van der Waals surface area contributed by atoms with E-state index >= 15 is 0 Å². The molecule has 1 aromatic rings. The van der Waals surface area contributed by atoms with Gasteiger partial charge in [-0.2, -0.15) is 0 Å². The summed E-state index contributed by atoms with van der Waals surface area (Å²) in [5.74, 6) is 1.62. The van der Waals surface area contributed by atoms with Crippen LogP contribution in [0.1, 0.15) is 219 Å². The Kier molecular flexibility index (Phi) is 28.6. The first kappa shape index (κ1) is 38.2. The summed E-state index contributed by atoms with van der Waals surface area (Å²) in [6.45, 7) is 9.39. The van der Waals surface area contributed by atoms with Crippen molar-refractivity contribution >= 4 is 0 Å². The van der Waals surface area contributed by atoms with Crippen LogP contribution in [0, 0.1) is 0 Å². The van der Waals surface area contributed by atoms with E-state index < -0.39 is 0 Å². The fourth-order valence-corrected chi connectivity index (χ4v) is 6.50. The summed E-state index contributed by atoms with van der Waals surface area (Å²) < 4.78 is 5.24. The standard InChI is InChI=1S/C39H77N2/c1-4-7-10-13-15-17-19-20-21-22-23-24-26-28-31-34-39-40(35-32-29-12-9-6-3)37-38-41(39)36-33-30-27-25-18-16-14-11-8-5-2/h37-38H,4-36H2,1-3H3/q+1. The molecule has 2 nitrogen and oxygen atoms in total. The Morgan fingerprint density at radius 2 is 0.756 bits per heavy atom. The fraction of sp³-hybridized carbons (Fsp3) is 0.923. The lowest BCUT2D eigenvalue weighted by atomic mass is 10.0. The van der Waals surface area contributed by atoms with E-state index in [4.69, 9.17) is 0 Å². The fourth-order valence-electron chi connectivity index (χ4n) is 6.50. The molecule has 0 bridgehead atoms. The number of nitrogens with zero attached hydrogens (tertiary/aromatic N) is 2. The van der Waals surface area contributed by atoms with E-state index in [1.54, 1.807) is 5.82 Å². The first-order chi connectivity index (χ1) is 20.3. The molecule has 2 heteroatoms. The largest absolute Gasteiger partial charge is 0.256 e. The minimum atomic E-state index is 1.23. The Balaban J connectivity index is 2.21. The Labute approximate surface area is 259 Å². The maximum atomic E-state index is 2.63. The van der Waals surface area contributed by atoms with Crippen LogP contribution in [-0.4, -0.2) is 4.57 Å². The van der Waals surface area contributed by atoms with Crippen LogP contribution in [0.2, 0.25) is 0 Å². The molecule has 0 aromatic carbocycles. The molecule has 1 heterocycles. The molecule has 0 aliphatic heterocycles. The smallest absolute Gasteiger partial charge is 0.234 e. The van der Waals surface area contributed by atoms with Gasteiger partial charge in [-0.1, -0.05) is 181 Å². The van der Waals surface area contributed by atoms with Gasteiger partial charge in [-0.05, 0) is 32.1 Å². The summed E-state index contributed by atoms with van der Waals surface area (Å²) in [4.78, 5) is 0. The summed E-state index contributed by atoms with van der Waals surface area (Å²) >= 11 is 0. The van der Waals surface area contributed by atoms with Gasteiger partial charge in [0.25, 0.3) is 5.82 Å². The third kappa shape index (κ3) is 23.4. The minimum absolute atomic E-state index is 1.23. The van der Waals surface area contributed by atoms with Gasteiger partial charge in [0.1, 0.15) is 12.4 Å². The van der Waals surface area contributed by atoms with Crippen molar-refractivity contribution in [2.75, 3.05) is 0 Å². The predicted octanol–water partition coefficient (Wildman–Crippen LogP) is 13.1. The molecule has 1 aromatic heterocycles. The van der Waals surface area contributed by atoms with E-state index in [1.165, 1.54) is 212 Å². The second kappa shape index (κ2) is 30.7. The van der Waals surface area contributed by atoms with Crippen LogP contribution in [0.25, 0.3) is 0 Å². The van der Waals surface area contributed by atoms with Gasteiger partial charge in [0, 0.05) is 6.42 Å². The van der Waals surface area contributed by atoms with Crippen LogP contribution in [-0.2, 0) is 19.5 Å². The second-order valence-electron chi connectivity index (χ2n) is 13.4. The summed E-state index contributed by atoms with van der Waals surface area (Å²) in [7, 11) is 0. The number of imidazole rings is 1. The molecule has 242 valence electrons. The highest BCUT2D eigenvalue weighted by atomic mass is 15.1. The number of rotatable bonds is 33. The summed E-state index contributed by atoms with van der Waals surface area (Å²) in [6, 6.07) is 0. The average molecular weight is 574 g/mol. The van der Waals surface area contributed by atoms with Crippen molar-refractivity contribution < 1.29 is 4.57 Å². The van der Waals surface area contributed by atoms with E-state index in [-0.39, 0.29) is 0 Å². The van der Waals surface area contributed by atoms with Gasteiger partial charge in [-0.25, -0.2) is 9.13 Å². The Hall–Kier alpha value is -0.790. The van der Waals surface area contributed by atoms with Crippen molar-refractivity contribution in [3.63, 3.8) is 0 Å². The molecule has 0 N–H and O–H groups in total. The molecule has 0 saturated carbocycles. The minimum Gasteiger partial charge on any atom is -0.234 e. The van der Waals surface area contributed by atoms with Crippen molar-refractivity contribution in [3.05, 3.63) is 18.2 Å². The summed E-state index contributed by atoms with van der Waals surface area (Å²) in [5, 5.41) is 0. The Morgan fingerprint density at radius 3 is 1.17 bits per heavy atom. The molecule has 0 amide bonds. The van der Waals surface area contributed by atoms with Crippen molar-refractivity contribution in [3.8, 4) is 0 Å². The zero-order valence-corrected chi connectivity index (χ0v) is 28.9. The van der Waals surface area contributed by atoms with Crippen LogP contribution in [0.3, 0.4) is 0 Å². The average Bonchev–Trinajstić information content (AvgIpc) is 3.37. The molecular weight excluding hydrogens is 496 g/mol. The van der Waals surface area contributed by atoms with Crippen molar-refractivity contribution in [1.29, 1.82) is 0 Å². The molecule has 0 radical (unpaired) electrons. The summed E-state index contributed by atoms with van der Waals surface area (Å²) in [6.07, 6.45) is 48.9. The Bertz CT molecular complexity index is 634. The highest BCUT2D eigenvalue weighted by Crippen LogP contribution is 2.15. The zero-order valence-electron chi connectivity index (χ0n) is 28.9. The molecule has 0 spiro atoms. The number of aromatic nitrogens is 2. The van der Waals surface area contributed by atoms with Crippen LogP contribution >= 0.6 is 0 Å². The van der Waals surface area contributed by atoms with E-state index in [9.17, 15) is 0 Å². The van der Waals surface area contributed by atoms with Gasteiger partial charge >= 0.3 is 0 Å². The topological polar surface area (TPSA) is 8.81 Å². The molecule has 1 rings (SSSR count). The molecule has 0 saturated heterocycles. The van der Waals surface area contributed by atoms with Gasteiger partial charge < -0.3 is 0 Å². The van der Waals surface area contributed by atoms with Gasteiger partial charge in [0.2, 0.25) is 0 Å². The maximum Gasteiger partial charge on any atom is 0.256 e. The van der Waals surface area contributed by atoms with Crippen LogP contribution < -0.4 is 4.57 Å². The first-order valence-electron chi connectivity index (χ1n) is 19.4. The predicted molar refractivity (Wildman–Crippen MR) is 184 cm³/mol. The SMILES string of the molecule is CCCCCCCCCCCCCCCCCc1n(CCCCCCCCCCCC)cc[n+]1CCCCCCC. The number of hydrogen-bond donors (Lipinski definition) is 0. The highest BCUT2D eigenvalue weighted by molar-refractivity contribution is 4.84. The lowest BCUT2D eigenvalue weighted by Crippen LogP contribution is -2.37. The second-order valence-corrected chi connectivity index (χ2v) is 13.4. The third-order valence-electron chi connectivity index (χ3n) is 9.35. The number of aryl methyl sites for hydroxylation is 2. The lowest BCUT2D eigenvalue weighted by molar-refractivity contribution is -0.704. The molecule has 0 aliphatic rings. The van der Waals surface area contributed by atoms with Crippen LogP contribution in [0.15, 0.2) is 12.4 Å². The molecule has 41 heavy (non-hydrogen) atoms. The molecule has 0 unspecified atom stereocenters. The van der Waals surface area contributed by atoms with Crippen LogP contribution in [0.5, 0.6) is 0 Å². The van der Waals surface area contributed by atoms with E-state index in [0.29, 0.717) is 0 Å². The lowest BCUT2D eigenvalue weighted by Gasteiger charge is -2.07. The molecule has 0 fully saturated rings.